The average Bonchev–Trinajstić information content (AvgIpc) is 2.52. The monoisotopic (exact) mass is 283 g/mol. The topological polar surface area (TPSA) is 66.4 Å². The summed E-state index contributed by atoms with van der Waals surface area (Å²) >= 11 is 0. The van der Waals surface area contributed by atoms with Crippen molar-refractivity contribution in [3.05, 3.63) is 71.3 Å². The first-order valence-corrected chi connectivity index (χ1v) is 6.78. The van der Waals surface area contributed by atoms with E-state index in [0.29, 0.717) is 18.5 Å². The van der Waals surface area contributed by atoms with Crippen LogP contribution in [-0.2, 0) is 17.8 Å². The Balaban J connectivity index is 1.89. The van der Waals surface area contributed by atoms with Crippen LogP contribution in [0.15, 0.2) is 54.6 Å². The second-order valence-electron chi connectivity index (χ2n) is 4.76. The maximum atomic E-state index is 12.0. The van der Waals surface area contributed by atoms with E-state index in [4.69, 9.17) is 5.11 Å². The normalized spacial score (nSPS) is 10.1. The fourth-order valence-corrected chi connectivity index (χ4v) is 1.95. The number of aryl methyl sites for hydroxylation is 1. The van der Waals surface area contributed by atoms with Gasteiger partial charge in [0.05, 0.1) is 0 Å². The van der Waals surface area contributed by atoms with Crippen LogP contribution < -0.4 is 5.32 Å². The van der Waals surface area contributed by atoms with Crippen LogP contribution in [0, 0.1) is 0 Å². The summed E-state index contributed by atoms with van der Waals surface area (Å²) in [5, 5.41) is 11.5. The fourth-order valence-electron chi connectivity index (χ4n) is 1.95. The zero-order chi connectivity index (χ0) is 15.1. The molecule has 0 saturated heterocycles. The summed E-state index contributed by atoms with van der Waals surface area (Å²) in [7, 11) is 0. The standard InChI is InChI=1S/C17H17NO3/c19-16(20)11-8-13-6-9-15(10-7-13)17(21)18-12-14-4-2-1-3-5-14/h1-7,9-10H,8,11-12H2,(H,18,21)(H,19,20). The maximum Gasteiger partial charge on any atom is 0.303 e. The molecule has 0 radical (unpaired) electrons. The number of carboxylic acids is 1. The molecule has 4 heteroatoms. The molecule has 0 atom stereocenters. The van der Waals surface area contributed by atoms with Crippen LogP contribution in [0.1, 0.15) is 27.9 Å². The van der Waals surface area contributed by atoms with Gasteiger partial charge in [0, 0.05) is 18.5 Å². The number of carboxylic acid groups (broad SMARTS) is 1. The van der Waals surface area contributed by atoms with Crippen molar-refractivity contribution in [1.82, 2.24) is 5.32 Å². The van der Waals surface area contributed by atoms with Crippen molar-refractivity contribution in [1.29, 1.82) is 0 Å². The van der Waals surface area contributed by atoms with Crippen LogP contribution in [0.3, 0.4) is 0 Å². The minimum Gasteiger partial charge on any atom is -0.481 e. The van der Waals surface area contributed by atoms with Gasteiger partial charge in [-0.25, -0.2) is 0 Å². The molecule has 0 fully saturated rings. The van der Waals surface area contributed by atoms with Crippen molar-refractivity contribution >= 4 is 11.9 Å². The van der Waals surface area contributed by atoms with E-state index in [9.17, 15) is 9.59 Å². The van der Waals surface area contributed by atoms with Crippen molar-refractivity contribution in [3.8, 4) is 0 Å². The summed E-state index contributed by atoms with van der Waals surface area (Å²) in [5.41, 5.74) is 2.53. The molecular weight excluding hydrogens is 266 g/mol. The lowest BCUT2D eigenvalue weighted by atomic mass is 10.1. The van der Waals surface area contributed by atoms with Gasteiger partial charge < -0.3 is 10.4 Å². The Morgan fingerprint density at radius 2 is 1.57 bits per heavy atom. The molecule has 2 N–H and O–H groups in total. The SMILES string of the molecule is O=C(O)CCc1ccc(C(=O)NCc2ccccc2)cc1. The Morgan fingerprint density at radius 3 is 2.19 bits per heavy atom. The highest BCUT2D eigenvalue weighted by Crippen LogP contribution is 2.07. The summed E-state index contributed by atoms with van der Waals surface area (Å²) in [6.07, 6.45) is 0.570. The van der Waals surface area contributed by atoms with Crippen LogP contribution >= 0.6 is 0 Å². The highest BCUT2D eigenvalue weighted by molar-refractivity contribution is 5.94. The van der Waals surface area contributed by atoms with Crippen LogP contribution in [0.4, 0.5) is 0 Å². The number of carbonyl (C=O) groups excluding carboxylic acids is 1. The predicted octanol–water partition coefficient (Wildman–Crippen LogP) is 2.63. The summed E-state index contributed by atoms with van der Waals surface area (Å²) in [6, 6.07) is 16.7. The Kier molecular flexibility index (Phi) is 5.10. The molecular formula is C17H17NO3. The molecule has 108 valence electrons. The van der Waals surface area contributed by atoms with Crippen molar-refractivity contribution in [3.63, 3.8) is 0 Å². The Morgan fingerprint density at radius 1 is 0.905 bits per heavy atom. The van der Waals surface area contributed by atoms with Gasteiger partial charge in [-0.3, -0.25) is 9.59 Å². The van der Waals surface area contributed by atoms with Crippen LogP contribution in [-0.4, -0.2) is 17.0 Å². The number of hydrogen-bond acceptors (Lipinski definition) is 2. The van der Waals surface area contributed by atoms with Crippen molar-refractivity contribution in [2.24, 2.45) is 0 Å². The van der Waals surface area contributed by atoms with E-state index in [1.807, 2.05) is 30.3 Å². The molecule has 0 heterocycles. The van der Waals surface area contributed by atoms with Crippen molar-refractivity contribution in [2.75, 3.05) is 0 Å². The van der Waals surface area contributed by atoms with E-state index in [2.05, 4.69) is 5.32 Å². The second kappa shape index (κ2) is 7.24. The van der Waals surface area contributed by atoms with Crippen molar-refractivity contribution in [2.45, 2.75) is 19.4 Å². The Hall–Kier alpha value is -2.62. The van der Waals surface area contributed by atoms with E-state index in [1.54, 1.807) is 24.3 Å². The number of carbonyl (C=O) groups is 2. The number of hydrogen-bond donors (Lipinski definition) is 2. The van der Waals surface area contributed by atoms with Gasteiger partial charge in [-0.15, -0.1) is 0 Å². The molecule has 1 amide bonds. The van der Waals surface area contributed by atoms with Gasteiger partial charge in [0.2, 0.25) is 0 Å². The van der Waals surface area contributed by atoms with E-state index in [0.717, 1.165) is 11.1 Å². The Labute approximate surface area is 123 Å². The predicted molar refractivity (Wildman–Crippen MR) is 80.0 cm³/mol. The molecule has 0 aliphatic rings. The molecule has 0 spiro atoms. The second-order valence-corrected chi connectivity index (χ2v) is 4.76. The van der Waals surface area contributed by atoms with E-state index in [1.165, 1.54) is 0 Å². The van der Waals surface area contributed by atoms with Gasteiger partial charge in [-0.05, 0) is 29.7 Å². The first-order chi connectivity index (χ1) is 10.1. The molecule has 0 aliphatic heterocycles. The largest absolute Gasteiger partial charge is 0.481 e. The summed E-state index contributed by atoms with van der Waals surface area (Å²) in [5.74, 6) is -0.955. The van der Waals surface area contributed by atoms with Gasteiger partial charge in [0.15, 0.2) is 0 Å². The average molecular weight is 283 g/mol. The van der Waals surface area contributed by atoms with Gasteiger partial charge in [0.1, 0.15) is 0 Å². The quantitative estimate of drug-likeness (QED) is 0.856. The van der Waals surface area contributed by atoms with Gasteiger partial charge in [-0.1, -0.05) is 42.5 Å². The number of aliphatic carboxylic acids is 1. The van der Waals surface area contributed by atoms with Crippen LogP contribution in [0.5, 0.6) is 0 Å². The fraction of sp³-hybridized carbons (Fsp3) is 0.176. The third-order valence-corrected chi connectivity index (χ3v) is 3.14. The molecule has 4 nitrogen and oxygen atoms in total. The van der Waals surface area contributed by atoms with E-state index < -0.39 is 5.97 Å². The number of benzene rings is 2. The minimum absolute atomic E-state index is 0.0968. The molecule has 2 rings (SSSR count). The van der Waals surface area contributed by atoms with Gasteiger partial charge in [-0.2, -0.15) is 0 Å². The molecule has 0 bridgehead atoms. The van der Waals surface area contributed by atoms with Crippen molar-refractivity contribution < 1.29 is 14.7 Å². The van der Waals surface area contributed by atoms with Gasteiger partial charge in [0.25, 0.3) is 5.91 Å². The lowest BCUT2D eigenvalue weighted by molar-refractivity contribution is -0.136. The lowest BCUT2D eigenvalue weighted by Gasteiger charge is -2.06. The minimum atomic E-state index is -0.820. The highest BCUT2D eigenvalue weighted by Gasteiger charge is 2.05. The van der Waals surface area contributed by atoms with E-state index in [-0.39, 0.29) is 12.3 Å². The molecule has 0 saturated carbocycles. The highest BCUT2D eigenvalue weighted by atomic mass is 16.4. The summed E-state index contributed by atoms with van der Waals surface area (Å²) in [6.45, 7) is 0.487. The van der Waals surface area contributed by atoms with Crippen LogP contribution in [0.2, 0.25) is 0 Å². The first kappa shape index (κ1) is 14.8. The molecule has 21 heavy (non-hydrogen) atoms. The number of nitrogens with one attached hydrogen (secondary N) is 1. The smallest absolute Gasteiger partial charge is 0.303 e. The number of amides is 1. The third kappa shape index (κ3) is 4.76. The van der Waals surface area contributed by atoms with E-state index >= 15 is 0 Å². The zero-order valence-electron chi connectivity index (χ0n) is 11.6. The molecule has 2 aromatic rings. The lowest BCUT2D eigenvalue weighted by Crippen LogP contribution is -2.22. The number of rotatable bonds is 6. The maximum absolute atomic E-state index is 12.0. The first-order valence-electron chi connectivity index (χ1n) is 6.78. The molecule has 0 aromatic heterocycles. The molecule has 0 unspecified atom stereocenters. The Bertz CT molecular complexity index is 606. The zero-order valence-corrected chi connectivity index (χ0v) is 11.6. The molecule has 0 aliphatic carbocycles. The summed E-state index contributed by atoms with van der Waals surface area (Å²) < 4.78 is 0. The van der Waals surface area contributed by atoms with Gasteiger partial charge >= 0.3 is 5.97 Å². The summed E-state index contributed by atoms with van der Waals surface area (Å²) in [4.78, 5) is 22.5. The van der Waals surface area contributed by atoms with Crippen LogP contribution in [0.25, 0.3) is 0 Å². The third-order valence-electron chi connectivity index (χ3n) is 3.14. The molecule has 2 aromatic carbocycles.